The molecule has 180 valence electrons. The van der Waals surface area contributed by atoms with E-state index in [2.05, 4.69) is 52.9 Å². The zero-order valence-electron chi connectivity index (χ0n) is 19.4. The van der Waals surface area contributed by atoms with Crippen molar-refractivity contribution >= 4 is 40.0 Å². The summed E-state index contributed by atoms with van der Waals surface area (Å²) in [7, 11) is -3.33. The van der Waals surface area contributed by atoms with E-state index >= 15 is 0 Å². The van der Waals surface area contributed by atoms with Crippen LogP contribution in [0.2, 0.25) is 0 Å². The first-order valence-electron chi connectivity index (χ1n) is 11.1. The molecule has 3 N–H and O–H groups in total. The number of ether oxygens (including phenoxy) is 1. The molecule has 1 saturated heterocycles. The minimum absolute atomic E-state index is 0. The van der Waals surface area contributed by atoms with Crippen LogP contribution in [0.1, 0.15) is 60.3 Å². The van der Waals surface area contributed by atoms with Crippen molar-refractivity contribution in [3.63, 3.8) is 0 Å². The van der Waals surface area contributed by atoms with Crippen LogP contribution in [0.15, 0.2) is 4.99 Å². The van der Waals surface area contributed by atoms with Crippen molar-refractivity contribution in [3.8, 4) is 0 Å². The quantitative estimate of drug-likeness (QED) is 0.138. The van der Waals surface area contributed by atoms with Gasteiger partial charge in [-0.15, -0.1) is 24.0 Å². The van der Waals surface area contributed by atoms with Gasteiger partial charge in [0, 0.05) is 51.4 Å². The van der Waals surface area contributed by atoms with Gasteiger partial charge in [0.2, 0.25) is 10.0 Å². The molecule has 0 radical (unpaired) electrons. The van der Waals surface area contributed by atoms with E-state index in [1.54, 1.807) is 0 Å². The fourth-order valence-corrected chi connectivity index (χ4v) is 4.42. The predicted molar refractivity (Wildman–Crippen MR) is 136 cm³/mol. The molecule has 30 heavy (non-hydrogen) atoms. The van der Waals surface area contributed by atoms with E-state index in [1.807, 2.05) is 6.92 Å². The predicted octanol–water partition coefficient (Wildman–Crippen LogP) is 2.16. The Morgan fingerprint density at radius 3 is 2.43 bits per heavy atom. The van der Waals surface area contributed by atoms with Gasteiger partial charge in [-0.3, -0.25) is 9.89 Å². The molecule has 1 heterocycles. The second-order valence-electron chi connectivity index (χ2n) is 8.12. The van der Waals surface area contributed by atoms with E-state index < -0.39 is 10.0 Å². The zero-order chi connectivity index (χ0) is 21.7. The Morgan fingerprint density at radius 1 is 1.17 bits per heavy atom. The monoisotopic (exact) mass is 561 g/mol. The number of rotatable bonds is 13. The molecule has 0 aromatic rings. The summed E-state index contributed by atoms with van der Waals surface area (Å²) in [6, 6.07) is 1.03. The van der Waals surface area contributed by atoms with Gasteiger partial charge in [0.15, 0.2) is 5.96 Å². The number of nitrogens with zero attached hydrogens (tertiary/aromatic N) is 2. The topological polar surface area (TPSA) is 95.1 Å². The Kier molecular flexibility index (Phi) is 16.4. The van der Waals surface area contributed by atoms with Crippen LogP contribution in [0.4, 0.5) is 0 Å². The summed E-state index contributed by atoms with van der Waals surface area (Å²) in [6.45, 7) is 14.7. The van der Waals surface area contributed by atoms with Crippen molar-refractivity contribution in [2.45, 2.75) is 78.5 Å². The van der Waals surface area contributed by atoms with Gasteiger partial charge in [-0.25, -0.2) is 13.1 Å². The summed E-state index contributed by atoms with van der Waals surface area (Å²) in [5.41, 5.74) is 0. The minimum atomic E-state index is -3.33. The van der Waals surface area contributed by atoms with Crippen molar-refractivity contribution in [1.82, 2.24) is 20.3 Å². The Morgan fingerprint density at radius 2 is 1.87 bits per heavy atom. The molecule has 8 nitrogen and oxygen atoms in total. The maximum Gasteiger partial charge on any atom is 0.213 e. The molecule has 1 aliphatic rings. The molecule has 0 bridgehead atoms. The third kappa shape index (κ3) is 13.3. The summed E-state index contributed by atoms with van der Waals surface area (Å²) in [6.07, 6.45) is 4.05. The fourth-order valence-electron chi connectivity index (χ4n) is 3.46. The number of sulfonamides is 1. The number of aliphatic imine (C=N–C) groups is 1. The van der Waals surface area contributed by atoms with E-state index in [9.17, 15) is 8.42 Å². The lowest BCUT2D eigenvalue weighted by Gasteiger charge is -2.30. The van der Waals surface area contributed by atoms with Gasteiger partial charge >= 0.3 is 0 Å². The average Bonchev–Trinajstić information content (AvgIpc) is 2.66. The van der Waals surface area contributed by atoms with Crippen LogP contribution in [0.3, 0.4) is 0 Å². The Balaban J connectivity index is 0.00000841. The SMILES string of the molecule is CCNC(=NCCCN(C(C)C)C(C)C)NCCS(=O)(=O)NCC1CCCCO1.I. The van der Waals surface area contributed by atoms with Crippen molar-refractivity contribution < 1.29 is 13.2 Å². The third-order valence-electron chi connectivity index (χ3n) is 4.98. The van der Waals surface area contributed by atoms with Gasteiger partial charge in [-0.2, -0.15) is 0 Å². The largest absolute Gasteiger partial charge is 0.377 e. The standard InChI is InChI=1S/C20H43N5O3S.HI/c1-6-21-20(22-11-9-13-25(17(2)3)18(4)5)23-12-15-29(26,27)24-16-19-10-7-8-14-28-19;/h17-19,24H,6-16H2,1-5H3,(H2,21,22,23);1H. The number of halogens is 1. The molecule has 1 atom stereocenters. The van der Waals surface area contributed by atoms with E-state index in [0.717, 1.165) is 45.4 Å². The van der Waals surface area contributed by atoms with Gasteiger partial charge in [0.25, 0.3) is 0 Å². The normalized spacial score (nSPS) is 18.0. The van der Waals surface area contributed by atoms with Crippen LogP contribution in [0.25, 0.3) is 0 Å². The molecule has 0 aromatic heterocycles. The van der Waals surface area contributed by atoms with Gasteiger partial charge in [0.05, 0.1) is 11.9 Å². The number of hydrogen-bond acceptors (Lipinski definition) is 5. The lowest BCUT2D eigenvalue weighted by molar-refractivity contribution is 0.0200. The van der Waals surface area contributed by atoms with Crippen LogP contribution < -0.4 is 15.4 Å². The van der Waals surface area contributed by atoms with Gasteiger partial charge in [0.1, 0.15) is 0 Å². The van der Waals surface area contributed by atoms with Crippen molar-refractivity contribution in [3.05, 3.63) is 0 Å². The second kappa shape index (κ2) is 16.5. The van der Waals surface area contributed by atoms with Gasteiger partial charge < -0.3 is 15.4 Å². The first kappa shape index (κ1) is 29.8. The van der Waals surface area contributed by atoms with Crippen LogP contribution in [-0.4, -0.2) is 82.5 Å². The molecule has 0 amide bonds. The van der Waals surface area contributed by atoms with Crippen molar-refractivity contribution in [2.24, 2.45) is 4.99 Å². The Bertz CT molecular complexity index is 559. The summed E-state index contributed by atoms with van der Waals surface area (Å²) >= 11 is 0. The summed E-state index contributed by atoms with van der Waals surface area (Å²) in [5.74, 6) is 0.678. The smallest absolute Gasteiger partial charge is 0.213 e. The Labute approximate surface area is 201 Å². The number of hydrogen-bond donors (Lipinski definition) is 3. The lowest BCUT2D eigenvalue weighted by atomic mass is 10.1. The molecule has 1 fully saturated rings. The molecule has 1 unspecified atom stereocenters. The highest BCUT2D eigenvalue weighted by molar-refractivity contribution is 14.0. The fraction of sp³-hybridized carbons (Fsp3) is 0.950. The molecule has 0 spiro atoms. The van der Waals surface area contributed by atoms with Gasteiger partial charge in [-0.05, 0) is 60.3 Å². The van der Waals surface area contributed by atoms with Gasteiger partial charge in [-0.1, -0.05) is 0 Å². The highest BCUT2D eigenvalue weighted by Crippen LogP contribution is 2.11. The Hall–Kier alpha value is -0.170. The molecular formula is C20H44IN5O3S. The average molecular weight is 562 g/mol. The summed E-state index contributed by atoms with van der Waals surface area (Å²) in [5, 5.41) is 6.30. The van der Waals surface area contributed by atoms with Crippen LogP contribution in [0.5, 0.6) is 0 Å². The molecule has 1 rings (SSSR count). The molecule has 10 heteroatoms. The minimum Gasteiger partial charge on any atom is -0.377 e. The van der Waals surface area contributed by atoms with E-state index in [1.165, 1.54) is 0 Å². The van der Waals surface area contributed by atoms with E-state index in [-0.39, 0.29) is 35.8 Å². The second-order valence-corrected chi connectivity index (χ2v) is 10.0. The highest BCUT2D eigenvalue weighted by Gasteiger charge is 2.17. The van der Waals surface area contributed by atoms with Crippen molar-refractivity contribution in [1.29, 1.82) is 0 Å². The molecular weight excluding hydrogens is 517 g/mol. The molecule has 0 aliphatic carbocycles. The first-order valence-corrected chi connectivity index (χ1v) is 12.8. The van der Waals surface area contributed by atoms with Crippen LogP contribution in [0, 0.1) is 0 Å². The maximum absolute atomic E-state index is 12.2. The third-order valence-corrected chi connectivity index (χ3v) is 6.33. The summed E-state index contributed by atoms with van der Waals surface area (Å²) in [4.78, 5) is 7.02. The van der Waals surface area contributed by atoms with Crippen molar-refractivity contribution in [2.75, 3.05) is 45.1 Å². The van der Waals surface area contributed by atoms with Crippen LogP contribution >= 0.6 is 24.0 Å². The van der Waals surface area contributed by atoms with E-state index in [4.69, 9.17) is 4.74 Å². The highest BCUT2D eigenvalue weighted by atomic mass is 127. The zero-order valence-corrected chi connectivity index (χ0v) is 22.6. The molecule has 0 saturated carbocycles. The first-order chi connectivity index (χ1) is 13.7. The molecule has 1 aliphatic heterocycles. The molecule has 0 aromatic carbocycles. The van der Waals surface area contributed by atoms with Crippen LogP contribution in [-0.2, 0) is 14.8 Å². The number of nitrogens with one attached hydrogen (secondary N) is 3. The summed E-state index contributed by atoms with van der Waals surface area (Å²) < 4.78 is 32.6. The number of guanidine groups is 1. The van der Waals surface area contributed by atoms with E-state index in [0.29, 0.717) is 37.7 Å². The maximum atomic E-state index is 12.2. The lowest BCUT2D eigenvalue weighted by Crippen LogP contribution is -2.42.